The third kappa shape index (κ3) is 1.70. The molecule has 2 fully saturated rings. The smallest absolute Gasteiger partial charge is 0.294 e. The molecule has 2 aliphatic heterocycles. The SMILES string of the molecule is Cc1cc(O)cc(N)c1N=C1C(=N)N2CCCN2C1=O. The van der Waals surface area contributed by atoms with Crippen molar-refractivity contribution in [2.45, 2.75) is 13.3 Å². The number of rotatable bonds is 1. The zero-order valence-electron chi connectivity index (χ0n) is 11.1. The average molecular weight is 273 g/mol. The van der Waals surface area contributed by atoms with Gasteiger partial charge in [-0.1, -0.05) is 0 Å². The van der Waals surface area contributed by atoms with Gasteiger partial charge in [0, 0.05) is 19.2 Å². The topological polar surface area (TPSA) is 106 Å². The standard InChI is InChI=1S/C13H15N5O2/c1-7-5-8(19)6-9(14)10(7)16-11-12(15)17-3-2-4-18(17)13(11)20/h5-6,15,19H,2-4,14H2,1H3. The first-order valence-corrected chi connectivity index (χ1v) is 6.35. The number of phenolic OH excluding ortho intramolecular Hbond substituents is 1. The number of aromatic hydroxyl groups is 1. The molecule has 1 amide bonds. The number of anilines is 1. The van der Waals surface area contributed by atoms with Crippen LogP contribution in [0.5, 0.6) is 5.75 Å². The fourth-order valence-electron chi connectivity index (χ4n) is 2.55. The first kappa shape index (κ1) is 12.5. The molecular formula is C13H15N5O2. The van der Waals surface area contributed by atoms with Crippen LogP contribution in [-0.2, 0) is 4.79 Å². The summed E-state index contributed by atoms with van der Waals surface area (Å²) in [6.07, 6.45) is 0.863. The van der Waals surface area contributed by atoms with E-state index >= 15 is 0 Å². The van der Waals surface area contributed by atoms with Crippen LogP contribution >= 0.6 is 0 Å². The monoisotopic (exact) mass is 273 g/mol. The van der Waals surface area contributed by atoms with Crippen molar-refractivity contribution < 1.29 is 9.90 Å². The molecule has 0 saturated carbocycles. The number of nitrogens with one attached hydrogen (secondary N) is 1. The van der Waals surface area contributed by atoms with Gasteiger partial charge in [0.1, 0.15) is 5.75 Å². The van der Waals surface area contributed by atoms with Crippen molar-refractivity contribution in [2.24, 2.45) is 4.99 Å². The van der Waals surface area contributed by atoms with Gasteiger partial charge in [-0.15, -0.1) is 0 Å². The fourth-order valence-corrected chi connectivity index (χ4v) is 2.55. The first-order chi connectivity index (χ1) is 9.49. The summed E-state index contributed by atoms with van der Waals surface area (Å²) in [6, 6.07) is 2.91. The molecule has 2 saturated heterocycles. The molecule has 2 aliphatic rings. The van der Waals surface area contributed by atoms with Gasteiger partial charge in [0.15, 0.2) is 11.5 Å². The predicted molar refractivity (Wildman–Crippen MR) is 75.1 cm³/mol. The molecule has 104 valence electrons. The van der Waals surface area contributed by atoms with Crippen LogP contribution in [0.4, 0.5) is 11.4 Å². The molecule has 2 heterocycles. The van der Waals surface area contributed by atoms with Crippen molar-refractivity contribution >= 4 is 28.8 Å². The molecule has 0 aliphatic carbocycles. The van der Waals surface area contributed by atoms with E-state index in [1.54, 1.807) is 11.9 Å². The Labute approximate surface area is 115 Å². The summed E-state index contributed by atoms with van der Waals surface area (Å²) in [5.41, 5.74) is 7.32. The van der Waals surface area contributed by atoms with Crippen LogP contribution < -0.4 is 5.73 Å². The number of carbonyl (C=O) groups is 1. The van der Waals surface area contributed by atoms with Crippen molar-refractivity contribution in [3.8, 4) is 5.75 Å². The number of amides is 1. The molecule has 0 spiro atoms. The Hall–Kier alpha value is -2.57. The third-order valence-corrected chi connectivity index (χ3v) is 3.49. The van der Waals surface area contributed by atoms with Crippen LogP contribution in [0.1, 0.15) is 12.0 Å². The van der Waals surface area contributed by atoms with E-state index in [0.29, 0.717) is 24.3 Å². The minimum atomic E-state index is -0.264. The maximum Gasteiger partial charge on any atom is 0.294 e. The number of hydrogen-bond donors (Lipinski definition) is 3. The van der Waals surface area contributed by atoms with Gasteiger partial charge >= 0.3 is 0 Å². The van der Waals surface area contributed by atoms with Gasteiger partial charge in [-0.25, -0.2) is 10.0 Å². The van der Waals surface area contributed by atoms with Crippen LogP contribution in [0.2, 0.25) is 0 Å². The largest absolute Gasteiger partial charge is 0.508 e. The molecule has 7 heteroatoms. The van der Waals surface area contributed by atoms with E-state index in [4.69, 9.17) is 11.1 Å². The van der Waals surface area contributed by atoms with Crippen molar-refractivity contribution in [2.75, 3.05) is 18.8 Å². The van der Waals surface area contributed by atoms with Gasteiger partial charge < -0.3 is 10.8 Å². The molecule has 1 aromatic carbocycles. The summed E-state index contributed by atoms with van der Waals surface area (Å²) in [7, 11) is 0. The van der Waals surface area contributed by atoms with Crippen LogP contribution in [0.15, 0.2) is 17.1 Å². The number of nitrogens with two attached hydrogens (primary N) is 1. The van der Waals surface area contributed by atoms with Crippen LogP contribution in [0.3, 0.4) is 0 Å². The number of fused-ring (bicyclic) bond motifs is 1. The second-order valence-electron chi connectivity index (χ2n) is 4.91. The molecule has 0 bridgehead atoms. The lowest BCUT2D eigenvalue weighted by Gasteiger charge is -2.17. The normalized spacial score (nSPS) is 20.1. The lowest BCUT2D eigenvalue weighted by atomic mass is 10.1. The van der Waals surface area contributed by atoms with E-state index < -0.39 is 0 Å². The molecule has 0 unspecified atom stereocenters. The van der Waals surface area contributed by atoms with Gasteiger partial charge in [0.05, 0.1) is 11.4 Å². The van der Waals surface area contributed by atoms with Crippen LogP contribution in [0, 0.1) is 12.3 Å². The molecule has 4 N–H and O–H groups in total. The molecule has 20 heavy (non-hydrogen) atoms. The lowest BCUT2D eigenvalue weighted by molar-refractivity contribution is -0.129. The van der Waals surface area contributed by atoms with Gasteiger partial charge in [-0.05, 0) is 25.0 Å². The second kappa shape index (κ2) is 4.22. The Kier molecular flexibility index (Phi) is 2.63. The highest BCUT2D eigenvalue weighted by atomic mass is 16.3. The number of carbonyl (C=O) groups excluding carboxylic acids is 1. The molecule has 0 aromatic heterocycles. The second-order valence-corrected chi connectivity index (χ2v) is 4.91. The first-order valence-electron chi connectivity index (χ1n) is 6.35. The zero-order chi connectivity index (χ0) is 14.4. The summed E-state index contributed by atoms with van der Waals surface area (Å²) in [4.78, 5) is 16.5. The Morgan fingerprint density at radius 3 is 2.70 bits per heavy atom. The highest BCUT2D eigenvalue weighted by Gasteiger charge is 2.42. The summed E-state index contributed by atoms with van der Waals surface area (Å²) in [5.74, 6) is -0.0973. The highest BCUT2D eigenvalue weighted by Crippen LogP contribution is 2.32. The third-order valence-electron chi connectivity index (χ3n) is 3.49. The quantitative estimate of drug-likeness (QED) is 0.658. The molecule has 7 nitrogen and oxygen atoms in total. The Morgan fingerprint density at radius 1 is 1.35 bits per heavy atom. The lowest BCUT2D eigenvalue weighted by Crippen LogP contribution is -2.33. The number of nitrogens with zero attached hydrogens (tertiary/aromatic N) is 3. The van der Waals surface area contributed by atoms with Crippen molar-refractivity contribution in [1.82, 2.24) is 10.0 Å². The van der Waals surface area contributed by atoms with E-state index in [1.807, 2.05) is 0 Å². The number of benzene rings is 1. The number of aliphatic imine (C=N–C) groups is 1. The molecule has 0 atom stereocenters. The van der Waals surface area contributed by atoms with Crippen molar-refractivity contribution in [3.63, 3.8) is 0 Å². The highest BCUT2D eigenvalue weighted by molar-refractivity contribution is 6.68. The minimum Gasteiger partial charge on any atom is -0.508 e. The predicted octanol–water partition coefficient (Wildman–Crippen LogP) is 0.795. The number of amidine groups is 1. The van der Waals surface area contributed by atoms with Gasteiger partial charge in [-0.3, -0.25) is 15.2 Å². The Morgan fingerprint density at radius 2 is 2.05 bits per heavy atom. The van der Waals surface area contributed by atoms with Crippen molar-refractivity contribution in [3.05, 3.63) is 17.7 Å². The van der Waals surface area contributed by atoms with E-state index in [9.17, 15) is 9.90 Å². The van der Waals surface area contributed by atoms with Gasteiger partial charge in [0.25, 0.3) is 5.91 Å². The van der Waals surface area contributed by atoms with Gasteiger partial charge in [0.2, 0.25) is 0 Å². The molecule has 1 aromatic rings. The van der Waals surface area contributed by atoms with Crippen LogP contribution in [0.25, 0.3) is 0 Å². The number of hydrogen-bond acceptors (Lipinski definition) is 5. The van der Waals surface area contributed by atoms with E-state index in [-0.39, 0.29) is 28.9 Å². The van der Waals surface area contributed by atoms with Crippen molar-refractivity contribution in [1.29, 1.82) is 5.41 Å². The van der Waals surface area contributed by atoms with Crippen LogP contribution in [-0.4, -0.2) is 45.7 Å². The van der Waals surface area contributed by atoms with E-state index in [0.717, 1.165) is 6.42 Å². The number of nitrogen functional groups attached to an aromatic ring is 1. The molecule has 0 radical (unpaired) electrons. The number of phenols is 1. The number of hydrazine groups is 1. The summed E-state index contributed by atoms with van der Waals surface area (Å²) in [6.45, 7) is 3.03. The maximum atomic E-state index is 12.2. The van der Waals surface area contributed by atoms with E-state index in [2.05, 4.69) is 4.99 Å². The number of aryl methyl sites for hydroxylation is 1. The fraction of sp³-hybridized carbons (Fsp3) is 0.308. The zero-order valence-corrected chi connectivity index (χ0v) is 11.1. The summed E-state index contributed by atoms with van der Waals surface area (Å²) >= 11 is 0. The maximum absolute atomic E-state index is 12.2. The van der Waals surface area contributed by atoms with Gasteiger partial charge in [-0.2, -0.15) is 0 Å². The average Bonchev–Trinajstić information content (AvgIpc) is 2.92. The Balaban J connectivity index is 2.05. The summed E-state index contributed by atoms with van der Waals surface area (Å²) in [5, 5.41) is 20.7. The molecule has 3 rings (SSSR count). The summed E-state index contributed by atoms with van der Waals surface area (Å²) < 4.78 is 0. The minimum absolute atomic E-state index is 0.0566. The van der Waals surface area contributed by atoms with E-state index in [1.165, 1.54) is 17.1 Å². The Bertz CT molecular complexity index is 605. The molecular weight excluding hydrogens is 258 g/mol.